The third kappa shape index (κ3) is 3.45. The molecule has 0 bridgehead atoms. The van der Waals surface area contributed by atoms with Crippen LogP contribution in [0.25, 0.3) is 10.9 Å². The van der Waals surface area contributed by atoms with Gasteiger partial charge in [-0.05, 0) is 48.7 Å². The Kier molecular flexibility index (Phi) is 4.65. The molecule has 0 amide bonds. The molecule has 1 heterocycles. The molecule has 0 aliphatic carbocycles. The van der Waals surface area contributed by atoms with E-state index in [9.17, 15) is 13.2 Å². The number of sulfonamides is 1. The highest BCUT2D eigenvalue weighted by Crippen LogP contribution is 2.30. The van der Waals surface area contributed by atoms with E-state index in [1.165, 1.54) is 36.0 Å². The summed E-state index contributed by atoms with van der Waals surface area (Å²) < 4.78 is 28.2. The lowest BCUT2D eigenvalue weighted by Gasteiger charge is -2.13. The van der Waals surface area contributed by atoms with Gasteiger partial charge in [0.15, 0.2) is 0 Å². The molecule has 8 heteroatoms. The first-order valence-corrected chi connectivity index (χ1v) is 9.91. The van der Waals surface area contributed by atoms with Crippen LogP contribution < -0.4 is 4.72 Å². The van der Waals surface area contributed by atoms with E-state index in [-0.39, 0.29) is 10.5 Å². The monoisotopic (exact) mass is 374 g/mol. The smallest absolute Gasteiger partial charge is 0.335 e. The average Bonchev–Trinajstić information content (AvgIpc) is 2.61. The minimum atomic E-state index is -3.86. The lowest BCUT2D eigenvalue weighted by Crippen LogP contribution is -2.14. The molecule has 128 valence electrons. The molecule has 0 radical (unpaired) electrons. The number of benzene rings is 2. The van der Waals surface area contributed by atoms with Crippen LogP contribution in [0.15, 0.2) is 64.5 Å². The van der Waals surface area contributed by atoms with Crippen LogP contribution in [0.4, 0.5) is 5.69 Å². The van der Waals surface area contributed by atoms with Crippen LogP contribution in [0.5, 0.6) is 0 Å². The van der Waals surface area contributed by atoms with Crippen LogP contribution in [-0.4, -0.2) is 30.7 Å². The van der Waals surface area contributed by atoms with Gasteiger partial charge < -0.3 is 5.11 Å². The fraction of sp³-hybridized carbons (Fsp3) is 0.0588. The average molecular weight is 374 g/mol. The maximum atomic E-state index is 12.8. The van der Waals surface area contributed by atoms with Gasteiger partial charge in [0.1, 0.15) is 0 Å². The lowest BCUT2D eigenvalue weighted by atomic mass is 10.2. The Bertz CT molecular complexity index is 1060. The number of pyridine rings is 1. The van der Waals surface area contributed by atoms with Crippen LogP contribution in [0.3, 0.4) is 0 Å². The Hall–Kier alpha value is -2.58. The number of carboxylic acids is 1. The van der Waals surface area contributed by atoms with Crippen molar-refractivity contribution in [3.05, 3.63) is 60.3 Å². The molecule has 0 saturated carbocycles. The molecule has 2 N–H and O–H groups in total. The number of nitrogens with zero attached hydrogens (tertiary/aromatic N) is 1. The number of carbonyl (C=O) groups is 1. The molecule has 6 nitrogen and oxygen atoms in total. The van der Waals surface area contributed by atoms with Crippen molar-refractivity contribution >= 4 is 44.3 Å². The Labute approximate surface area is 149 Å². The summed E-state index contributed by atoms with van der Waals surface area (Å²) in [5, 5.41) is 9.59. The van der Waals surface area contributed by atoms with Gasteiger partial charge in [-0.3, -0.25) is 9.71 Å². The van der Waals surface area contributed by atoms with Crippen LogP contribution in [0, 0.1) is 0 Å². The highest BCUT2D eigenvalue weighted by atomic mass is 32.2. The van der Waals surface area contributed by atoms with Crippen molar-refractivity contribution in [1.82, 2.24) is 4.98 Å². The molecule has 3 rings (SSSR count). The highest BCUT2D eigenvalue weighted by molar-refractivity contribution is 7.99. The first kappa shape index (κ1) is 17.2. The fourth-order valence-electron chi connectivity index (χ4n) is 2.42. The molecule has 0 aliphatic heterocycles. The minimum absolute atomic E-state index is 0.0988. The van der Waals surface area contributed by atoms with Gasteiger partial charge in [0.2, 0.25) is 0 Å². The minimum Gasteiger partial charge on any atom is -0.478 e. The predicted molar refractivity (Wildman–Crippen MR) is 97.7 cm³/mol. The van der Waals surface area contributed by atoms with Crippen LogP contribution in [-0.2, 0) is 10.0 Å². The highest BCUT2D eigenvalue weighted by Gasteiger charge is 2.19. The summed E-state index contributed by atoms with van der Waals surface area (Å²) in [5.74, 6) is -1.06. The third-order valence-corrected chi connectivity index (χ3v) is 5.79. The van der Waals surface area contributed by atoms with Crippen LogP contribution in [0.2, 0.25) is 0 Å². The zero-order valence-corrected chi connectivity index (χ0v) is 14.8. The van der Waals surface area contributed by atoms with Crippen molar-refractivity contribution in [3.63, 3.8) is 0 Å². The largest absolute Gasteiger partial charge is 0.478 e. The fourth-order valence-corrected chi connectivity index (χ4v) is 4.36. The van der Waals surface area contributed by atoms with Crippen molar-refractivity contribution < 1.29 is 18.3 Å². The first-order chi connectivity index (χ1) is 11.9. The molecular formula is C17H14N2O4S2. The maximum absolute atomic E-state index is 12.8. The van der Waals surface area contributed by atoms with E-state index in [0.717, 1.165) is 0 Å². The van der Waals surface area contributed by atoms with Crippen molar-refractivity contribution in [2.75, 3.05) is 11.0 Å². The summed E-state index contributed by atoms with van der Waals surface area (Å²) in [6.07, 6.45) is 3.35. The summed E-state index contributed by atoms with van der Waals surface area (Å²) >= 11 is 1.26. The van der Waals surface area contributed by atoms with Crippen molar-refractivity contribution in [3.8, 4) is 0 Å². The van der Waals surface area contributed by atoms with Crippen LogP contribution in [0.1, 0.15) is 10.4 Å². The molecule has 1 aromatic heterocycles. The number of carboxylic acid groups (broad SMARTS) is 1. The molecule has 0 spiro atoms. The van der Waals surface area contributed by atoms with E-state index in [2.05, 4.69) is 9.71 Å². The van der Waals surface area contributed by atoms with Crippen molar-refractivity contribution in [2.24, 2.45) is 0 Å². The summed E-state index contributed by atoms with van der Waals surface area (Å²) in [6, 6.07) is 12.5. The van der Waals surface area contributed by atoms with E-state index < -0.39 is 16.0 Å². The number of rotatable bonds is 5. The van der Waals surface area contributed by atoms with Gasteiger partial charge in [0, 0.05) is 16.5 Å². The molecular weight excluding hydrogens is 360 g/mol. The number of thioether (sulfide) groups is 1. The lowest BCUT2D eigenvalue weighted by molar-refractivity contribution is 0.0696. The summed E-state index contributed by atoms with van der Waals surface area (Å²) in [4.78, 5) is 15.9. The van der Waals surface area contributed by atoms with Crippen LogP contribution >= 0.6 is 11.8 Å². The Balaban J connectivity index is 2.06. The van der Waals surface area contributed by atoms with Gasteiger partial charge in [-0.1, -0.05) is 6.07 Å². The van der Waals surface area contributed by atoms with Gasteiger partial charge in [-0.25, -0.2) is 13.2 Å². The third-order valence-electron chi connectivity index (χ3n) is 3.59. The summed E-state index contributed by atoms with van der Waals surface area (Å²) in [5.41, 5.74) is 1.01. The van der Waals surface area contributed by atoms with Gasteiger partial charge in [0.05, 0.1) is 21.7 Å². The molecule has 3 aromatic rings. The Morgan fingerprint density at radius 2 is 1.96 bits per heavy atom. The molecule has 0 unspecified atom stereocenters. The summed E-state index contributed by atoms with van der Waals surface area (Å²) in [7, 11) is -3.86. The molecule has 0 fully saturated rings. The number of nitrogens with one attached hydrogen (secondary N) is 1. The number of aromatic nitrogens is 1. The number of fused-ring (bicyclic) bond motifs is 1. The standard InChI is InChI=1S/C17H14N2O4S2/c1-24-15-10-11(17(20)21)7-8-14(15)19-25(22,23)16-6-2-5-13-12(16)4-3-9-18-13/h2-10,19H,1H3,(H,20,21). The number of aromatic carboxylic acids is 1. The predicted octanol–water partition coefficient (Wildman–Crippen LogP) is 3.46. The van der Waals surface area contributed by atoms with E-state index in [0.29, 0.717) is 21.5 Å². The van der Waals surface area contributed by atoms with Gasteiger partial charge >= 0.3 is 5.97 Å². The zero-order valence-electron chi connectivity index (χ0n) is 13.1. The van der Waals surface area contributed by atoms with Gasteiger partial charge in [0.25, 0.3) is 10.0 Å². The van der Waals surface area contributed by atoms with E-state index in [4.69, 9.17) is 5.11 Å². The molecule has 2 aromatic carbocycles. The molecule has 0 saturated heterocycles. The van der Waals surface area contributed by atoms with Crippen molar-refractivity contribution in [1.29, 1.82) is 0 Å². The quantitative estimate of drug-likeness (QED) is 0.664. The zero-order chi connectivity index (χ0) is 18.0. The second-order valence-electron chi connectivity index (χ2n) is 5.15. The van der Waals surface area contributed by atoms with E-state index in [1.807, 2.05) is 0 Å². The maximum Gasteiger partial charge on any atom is 0.335 e. The Morgan fingerprint density at radius 1 is 1.16 bits per heavy atom. The SMILES string of the molecule is CSc1cc(C(=O)O)ccc1NS(=O)(=O)c1cccc2ncccc12. The van der Waals surface area contributed by atoms with Crippen molar-refractivity contribution in [2.45, 2.75) is 9.79 Å². The number of anilines is 1. The molecule has 0 aliphatic rings. The van der Waals surface area contributed by atoms with E-state index >= 15 is 0 Å². The molecule has 0 atom stereocenters. The van der Waals surface area contributed by atoms with E-state index in [1.54, 1.807) is 36.7 Å². The Morgan fingerprint density at radius 3 is 2.68 bits per heavy atom. The summed E-state index contributed by atoms with van der Waals surface area (Å²) in [6.45, 7) is 0. The first-order valence-electron chi connectivity index (χ1n) is 7.20. The second-order valence-corrected chi connectivity index (χ2v) is 7.65. The molecule has 25 heavy (non-hydrogen) atoms. The topological polar surface area (TPSA) is 96.4 Å². The number of hydrogen-bond donors (Lipinski definition) is 2. The van der Waals surface area contributed by atoms with Gasteiger partial charge in [-0.2, -0.15) is 0 Å². The second kappa shape index (κ2) is 6.73. The normalized spacial score (nSPS) is 11.4. The van der Waals surface area contributed by atoms with Gasteiger partial charge in [-0.15, -0.1) is 11.8 Å². The number of hydrogen-bond acceptors (Lipinski definition) is 5.